The van der Waals surface area contributed by atoms with E-state index in [4.69, 9.17) is 9.26 Å². The molecule has 116 valence electrons. The Morgan fingerprint density at radius 1 is 1.45 bits per heavy atom. The number of amides is 1. The van der Waals surface area contributed by atoms with E-state index in [1.807, 2.05) is 26.0 Å². The van der Waals surface area contributed by atoms with Crippen molar-refractivity contribution in [3.8, 4) is 0 Å². The number of hydrogen-bond acceptors (Lipinski definition) is 5. The maximum absolute atomic E-state index is 12.5. The van der Waals surface area contributed by atoms with E-state index in [1.165, 1.54) is 0 Å². The fourth-order valence-electron chi connectivity index (χ4n) is 2.55. The van der Waals surface area contributed by atoms with Crippen molar-refractivity contribution in [2.75, 3.05) is 19.7 Å². The van der Waals surface area contributed by atoms with E-state index < -0.39 is 0 Å². The molecule has 6 heteroatoms. The Kier molecular flexibility index (Phi) is 4.20. The fraction of sp³-hybridized carbons (Fsp3) is 0.438. The minimum Gasteiger partial charge on any atom is -0.370 e. The van der Waals surface area contributed by atoms with Crippen LogP contribution in [0.25, 0.3) is 0 Å². The van der Waals surface area contributed by atoms with Crippen LogP contribution in [0.2, 0.25) is 0 Å². The molecule has 1 aliphatic rings. The van der Waals surface area contributed by atoms with Gasteiger partial charge in [0.05, 0.1) is 13.2 Å². The lowest BCUT2D eigenvalue weighted by atomic mass is 10.1. The third-order valence-corrected chi connectivity index (χ3v) is 3.77. The van der Waals surface area contributed by atoms with Crippen LogP contribution in [0.3, 0.4) is 0 Å². The van der Waals surface area contributed by atoms with E-state index in [0.29, 0.717) is 25.4 Å². The van der Waals surface area contributed by atoms with E-state index in [0.717, 1.165) is 23.4 Å². The van der Waals surface area contributed by atoms with Crippen molar-refractivity contribution in [1.82, 2.24) is 15.0 Å². The molecule has 1 saturated heterocycles. The Balaban J connectivity index is 1.73. The SMILES string of the molecule is CCc1cc(C(=O)N2CCOC(c3ccnc(C)c3)C2)no1. The van der Waals surface area contributed by atoms with Crippen LogP contribution in [0, 0.1) is 6.92 Å². The third-order valence-electron chi connectivity index (χ3n) is 3.77. The lowest BCUT2D eigenvalue weighted by molar-refractivity contribution is -0.0231. The van der Waals surface area contributed by atoms with Crippen LogP contribution in [0.15, 0.2) is 28.9 Å². The number of ether oxygens (including phenoxy) is 1. The Morgan fingerprint density at radius 3 is 3.05 bits per heavy atom. The van der Waals surface area contributed by atoms with Crippen LogP contribution in [0.4, 0.5) is 0 Å². The van der Waals surface area contributed by atoms with Crippen LogP contribution >= 0.6 is 0 Å². The number of aromatic nitrogens is 2. The molecule has 6 nitrogen and oxygen atoms in total. The van der Waals surface area contributed by atoms with E-state index >= 15 is 0 Å². The molecule has 0 N–H and O–H groups in total. The Morgan fingerprint density at radius 2 is 2.32 bits per heavy atom. The van der Waals surface area contributed by atoms with Gasteiger partial charge in [-0.05, 0) is 24.6 Å². The number of carbonyl (C=O) groups excluding carboxylic acids is 1. The highest BCUT2D eigenvalue weighted by atomic mass is 16.5. The van der Waals surface area contributed by atoms with Gasteiger partial charge in [0.25, 0.3) is 5.91 Å². The highest BCUT2D eigenvalue weighted by Gasteiger charge is 2.27. The molecular weight excluding hydrogens is 282 g/mol. The average Bonchev–Trinajstić information content (AvgIpc) is 3.03. The first-order chi connectivity index (χ1) is 10.7. The van der Waals surface area contributed by atoms with Crippen LogP contribution in [-0.2, 0) is 11.2 Å². The molecule has 2 aromatic rings. The summed E-state index contributed by atoms with van der Waals surface area (Å²) in [5.74, 6) is 0.612. The summed E-state index contributed by atoms with van der Waals surface area (Å²) >= 11 is 0. The van der Waals surface area contributed by atoms with Crippen molar-refractivity contribution in [3.05, 3.63) is 47.1 Å². The van der Waals surface area contributed by atoms with Gasteiger partial charge in [-0.3, -0.25) is 9.78 Å². The third kappa shape index (κ3) is 3.01. The summed E-state index contributed by atoms with van der Waals surface area (Å²) in [7, 11) is 0. The highest BCUT2D eigenvalue weighted by Crippen LogP contribution is 2.23. The van der Waals surface area contributed by atoms with Crippen LogP contribution < -0.4 is 0 Å². The number of nitrogens with zero attached hydrogens (tertiary/aromatic N) is 3. The van der Waals surface area contributed by atoms with Gasteiger partial charge < -0.3 is 14.2 Å². The largest absolute Gasteiger partial charge is 0.370 e. The first kappa shape index (κ1) is 14.7. The Bertz CT molecular complexity index is 668. The van der Waals surface area contributed by atoms with Gasteiger partial charge in [-0.15, -0.1) is 0 Å². The number of rotatable bonds is 3. The van der Waals surface area contributed by atoms with Gasteiger partial charge in [0.15, 0.2) is 5.69 Å². The number of carbonyl (C=O) groups is 1. The first-order valence-electron chi connectivity index (χ1n) is 7.46. The molecule has 1 aliphatic heterocycles. The maximum atomic E-state index is 12.5. The molecular formula is C16H19N3O3. The number of aryl methyl sites for hydroxylation is 2. The molecule has 1 amide bonds. The summed E-state index contributed by atoms with van der Waals surface area (Å²) in [5.41, 5.74) is 2.34. The van der Waals surface area contributed by atoms with Crippen molar-refractivity contribution in [2.45, 2.75) is 26.4 Å². The monoisotopic (exact) mass is 301 g/mol. The summed E-state index contributed by atoms with van der Waals surface area (Å²) in [5, 5.41) is 3.86. The first-order valence-corrected chi connectivity index (χ1v) is 7.46. The molecule has 1 unspecified atom stereocenters. The number of hydrogen-bond donors (Lipinski definition) is 0. The molecule has 22 heavy (non-hydrogen) atoms. The standard InChI is InChI=1S/C16H19N3O3/c1-3-13-9-14(18-22-13)16(20)19-6-7-21-15(10-19)12-4-5-17-11(2)8-12/h4-5,8-9,15H,3,6-7,10H2,1-2H3. The van der Waals surface area contributed by atoms with Gasteiger partial charge in [0.2, 0.25) is 0 Å². The second-order valence-electron chi connectivity index (χ2n) is 5.37. The summed E-state index contributed by atoms with van der Waals surface area (Å²) in [4.78, 5) is 18.5. The molecule has 0 aliphatic carbocycles. The zero-order chi connectivity index (χ0) is 15.5. The Hall–Kier alpha value is -2.21. The van der Waals surface area contributed by atoms with E-state index in [2.05, 4.69) is 10.1 Å². The maximum Gasteiger partial charge on any atom is 0.276 e. The normalized spacial score (nSPS) is 18.5. The lowest BCUT2D eigenvalue weighted by Gasteiger charge is -2.32. The molecule has 0 saturated carbocycles. The zero-order valence-corrected chi connectivity index (χ0v) is 12.8. The molecule has 3 rings (SSSR count). The van der Waals surface area contributed by atoms with Crippen molar-refractivity contribution in [1.29, 1.82) is 0 Å². The lowest BCUT2D eigenvalue weighted by Crippen LogP contribution is -2.42. The van der Waals surface area contributed by atoms with E-state index in [9.17, 15) is 4.79 Å². The van der Waals surface area contributed by atoms with Crippen LogP contribution in [0.5, 0.6) is 0 Å². The van der Waals surface area contributed by atoms with Gasteiger partial charge in [0.1, 0.15) is 11.9 Å². The van der Waals surface area contributed by atoms with Crippen molar-refractivity contribution >= 4 is 5.91 Å². The van der Waals surface area contributed by atoms with Crippen molar-refractivity contribution in [2.24, 2.45) is 0 Å². The minimum atomic E-state index is -0.128. The summed E-state index contributed by atoms with van der Waals surface area (Å²) in [6, 6.07) is 5.63. The second-order valence-corrected chi connectivity index (χ2v) is 5.37. The van der Waals surface area contributed by atoms with Crippen molar-refractivity contribution < 1.29 is 14.1 Å². The fourth-order valence-corrected chi connectivity index (χ4v) is 2.55. The number of morpholine rings is 1. The number of pyridine rings is 1. The summed E-state index contributed by atoms with van der Waals surface area (Å²) in [6.07, 6.45) is 2.36. The second kappa shape index (κ2) is 6.27. The van der Waals surface area contributed by atoms with Gasteiger partial charge in [-0.2, -0.15) is 0 Å². The molecule has 0 spiro atoms. The van der Waals surface area contributed by atoms with Gasteiger partial charge in [-0.25, -0.2) is 0 Å². The molecule has 0 bridgehead atoms. The predicted molar refractivity (Wildman–Crippen MR) is 79.5 cm³/mol. The Labute approximate surface area is 129 Å². The van der Waals surface area contributed by atoms with Crippen molar-refractivity contribution in [3.63, 3.8) is 0 Å². The zero-order valence-electron chi connectivity index (χ0n) is 12.8. The van der Waals surface area contributed by atoms with Gasteiger partial charge in [0, 0.05) is 30.9 Å². The topological polar surface area (TPSA) is 68.5 Å². The molecule has 1 fully saturated rings. The van der Waals surface area contributed by atoms with Crippen LogP contribution in [-0.4, -0.2) is 40.6 Å². The molecule has 1 atom stereocenters. The highest BCUT2D eigenvalue weighted by molar-refractivity contribution is 5.92. The van der Waals surface area contributed by atoms with E-state index in [-0.39, 0.29) is 12.0 Å². The van der Waals surface area contributed by atoms with E-state index in [1.54, 1.807) is 17.2 Å². The average molecular weight is 301 g/mol. The molecule has 0 radical (unpaired) electrons. The quantitative estimate of drug-likeness (QED) is 0.869. The molecule has 0 aromatic carbocycles. The molecule has 3 heterocycles. The minimum absolute atomic E-state index is 0.109. The predicted octanol–water partition coefficient (Wildman–Crippen LogP) is 2.15. The van der Waals surface area contributed by atoms with Gasteiger partial charge >= 0.3 is 0 Å². The molecule has 2 aromatic heterocycles. The summed E-state index contributed by atoms with van der Waals surface area (Å²) in [6.45, 7) is 5.49. The van der Waals surface area contributed by atoms with Crippen LogP contribution in [0.1, 0.15) is 40.5 Å². The van der Waals surface area contributed by atoms with Gasteiger partial charge in [-0.1, -0.05) is 12.1 Å². The summed E-state index contributed by atoms with van der Waals surface area (Å²) < 4.78 is 10.9. The smallest absolute Gasteiger partial charge is 0.276 e.